The lowest BCUT2D eigenvalue weighted by Gasteiger charge is -2.15. The van der Waals surface area contributed by atoms with Gasteiger partial charge in [-0.1, -0.05) is 18.2 Å². The summed E-state index contributed by atoms with van der Waals surface area (Å²) < 4.78 is 21.9. The summed E-state index contributed by atoms with van der Waals surface area (Å²) in [7, 11) is 4.70. The Hall–Kier alpha value is -3.06. The van der Waals surface area contributed by atoms with Gasteiger partial charge in [0.2, 0.25) is 0 Å². The van der Waals surface area contributed by atoms with E-state index in [1.807, 2.05) is 6.07 Å². The zero-order valence-corrected chi connectivity index (χ0v) is 19.2. The molecule has 0 aliphatic heterocycles. The predicted octanol–water partition coefficient (Wildman–Crippen LogP) is 5.14. The van der Waals surface area contributed by atoms with Gasteiger partial charge in [0, 0.05) is 17.0 Å². The topological polar surface area (TPSA) is 69.9 Å². The van der Waals surface area contributed by atoms with E-state index in [-0.39, 0.29) is 18.2 Å². The van der Waals surface area contributed by atoms with Crippen LogP contribution in [0.3, 0.4) is 0 Å². The van der Waals surface area contributed by atoms with E-state index in [2.05, 4.69) is 37.4 Å². The number of hydrogen-bond acceptors (Lipinski definition) is 6. The largest absolute Gasteiger partial charge is 0.496 e. The van der Waals surface area contributed by atoms with Crippen molar-refractivity contribution in [2.45, 2.75) is 31.0 Å². The number of ether oxygens (including phenoxy) is 3. The summed E-state index contributed by atoms with van der Waals surface area (Å²) in [5.74, 6) is 3.12. The second-order valence-electron chi connectivity index (χ2n) is 6.97. The number of carbonyl (C=O) groups is 1. The van der Waals surface area contributed by atoms with E-state index in [1.54, 1.807) is 51.3 Å². The zero-order chi connectivity index (χ0) is 22.4. The molecule has 1 heterocycles. The van der Waals surface area contributed by atoms with Gasteiger partial charge < -0.3 is 23.9 Å². The molecule has 6 nitrogen and oxygen atoms in total. The molecule has 0 bridgehead atoms. The smallest absolute Gasteiger partial charge is 0.287 e. The van der Waals surface area contributed by atoms with Gasteiger partial charge in [-0.2, -0.15) is 0 Å². The molecule has 3 aromatic rings. The summed E-state index contributed by atoms with van der Waals surface area (Å²) >= 11 is 1.70. The molecule has 1 aromatic heterocycles. The van der Waals surface area contributed by atoms with E-state index in [9.17, 15) is 4.79 Å². The van der Waals surface area contributed by atoms with Crippen molar-refractivity contribution in [2.24, 2.45) is 0 Å². The third-order valence-electron chi connectivity index (χ3n) is 4.90. The van der Waals surface area contributed by atoms with Crippen molar-refractivity contribution in [2.75, 3.05) is 21.3 Å². The minimum absolute atomic E-state index is 0.225. The summed E-state index contributed by atoms with van der Waals surface area (Å²) in [4.78, 5) is 13.9. The second kappa shape index (κ2) is 10.3. The van der Waals surface area contributed by atoms with Crippen LogP contribution in [-0.4, -0.2) is 27.2 Å². The molecular weight excluding hydrogens is 414 g/mol. The molecule has 0 fully saturated rings. The fourth-order valence-electron chi connectivity index (χ4n) is 3.26. The van der Waals surface area contributed by atoms with Crippen molar-refractivity contribution in [1.29, 1.82) is 0 Å². The number of nitrogens with one attached hydrogen (secondary N) is 1. The van der Waals surface area contributed by atoms with Crippen LogP contribution in [0.15, 0.2) is 51.8 Å². The van der Waals surface area contributed by atoms with Gasteiger partial charge in [0.1, 0.15) is 23.0 Å². The van der Waals surface area contributed by atoms with Crippen LogP contribution in [0.2, 0.25) is 0 Å². The third kappa shape index (κ3) is 5.35. The first kappa shape index (κ1) is 22.6. The van der Waals surface area contributed by atoms with Crippen molar-refractivity contribution in [3.05, 3.63) is 70.7 Å². The van der Waals surface area contributed by atoms with E-state index in [0.29, 0.717) is 23.0 Å². The second-order valence-corrected chi connectivity index (χ2v) is 7.95. The first-order valence-electron chi connectivity index (χ1n) is 9.81. The molecule has 7 heteroatoms. The summed E-state index contributed by atoms with van der Waals surface area (Å²) in [5, 5.41) is 2.87. The highest BCUT2D eigenvalue weighted by Crippen LogP contribution is 2.34. The molecule has 0 aliphatic rings. The van der Waals surface area contributed by atoms with Gasteiger partial charge in [-0.25, -0.2) is 0 Å². The fraction of sp³-hybridized carbons (Fsp3) is 0.292. The molecule has 0 unspecified atom stereocenters. The van der Waals surface area contributed by atoms with E-state index in [1.165, 1.54) is 16.0 Å². The van der Waals surface area contributed by atoms with Gasteiger partial charge in [0.15, 0.2) is 5.76 Å². The van der Waals surface area contributed by atoms with Gasteiger partial charge in [-0.3, -0.25) is 4.79 Å². The monoisotopic (exact) mass is 441 g/mol. The minimum Gasteiger partial charge on any atom is -0.496 e. The number of aryl methyl sites for hydroxylation is 2. The van der Waals surface area contributed by atoms with E-state index in [0.717, 1.165) is 11.3 Å². The standard InChI is InChI=1S/C24H27NO5S/c1-15-7-6-8-16(2)23(15)31-14-17-9-10-20(30-17)24(26)25-13-19-21(28-4)11-18(27-3)12-22(19)29-5/h6-12H,13-14H2,1-5H3,(H,25,26). The van der Waals surface area contributed by atoms with Crippen molar-refractivity contribution in [1.82, 2.24) is 5.32 Å². The lowest BCUT2D eigenvalue weighted by atomic mass is 10.1. The van der Waals surface area contributed by atoms with Gasteiger partial charge in [0.05, 0.1) is 39.2 Å². The molecule has 31 heavy (non-hydrogen) atoms. The molecule has 2 aromatic carbocycles. The highest BCUT2D eigenvalue weighted by molar-refractivity contribution is 7.98. The van der Waals surface area contributed by atoms with Crippen LogP contribution in [0.5, 0.6) is 17.2 Å². The van der Waals surface area contributed by atoms with Crippen LogP contribution in [0.1, 0.15) is 33.0 Å². The van der Waals surface area contributed by atoms with Gasteiger partial charge in [-0.05, 0) is 37.1 Å². The quantitative estimate of drug-likeness (QED) is 0.464. The number of benzene rings is 2. The van der Waals surface area contributed by atoms with E-state index >= 15 is 0 Å². The molecule has 0 atom stereocenters. The molecule has 0 spiro atoms. The number of furan rings is 1. The van der Waals surface area contributed by atoms with Crippen molar-refractivity contribution >= 4 is 17.7 Å². The molecule has 0 radical (unpaired) electrons. The average Bonchev–Trinajstić information content (AvgIpc) is 3.25. The van der Waals surface area contributed by atoms with Crippen LogP contribution in [0.4, 0.5) is 0 Å². The molecule has 0 aliphatic carbocycles. The molecule has 1 amide bonds. The SMILES string of the molecule is COc1cc(OC)c(CNC(=O)c2ccc(CSc3c(C)cccc3C)o2)c(OC)c1. The van der Waals surface area contributed by atoms with Crippen molar-refractivity contribution in [3.63, 3.8) is 0 Å². The molecule has 3 rings (SSSR count). The van der Waals surface area contributed by atoms with Gasteiger partial charge >= 0.3 is 0 Å². The Kier molecular flexibility index (Phi) is 7.52. The normalized spacial score (nSPS) is 10.6. The first-order chi connectivity index (χ1) is 15.0. The highest BCUT2D eigenvalue weighted by atomic mass is 32.2. The van der Waals surface area contributed by atoms with Gasteiger partial charge in [0.25, 0.3) is 5.91 Å². The Bertz CT molecular complexity index is 1010. The number of carbonyl (C=O) groups excluding carboxylic acids is 1. The maximum Gasteiger partial charge on any atom is 0.287 e. The van der Waals surface area contributed by atoms with E-state index in [4.69, 9.17) is 18.6 Å². The lowest BCUT2D eigenvalue weighted by Crippen LogP contribution is -2.23. The van der Waals surface area contributed by atoms with Gasteiger partial charge in [-0.15, -0.1) is 11.8 Å². The Morgan fingerprint density at radius 1 is 0.968 bits per heavy atom. The summed E-state index contributed by atoms with van der Waals surface area (Å²) in [5.41, 5.74) is 3.19. The van der Waals surface area contributed by atoms with Crippen LogP contribution < -0.4 is 19.5 Å². The number of methoxy groups -OCH3 is 3. The average molecular weight is 442 g/mol. The first-order valence-corrected chi connectivity index (χ1v) is 10.8. The molecule has 0 saturated heterocycles. The van der Waals surface area contributed by atoms with Crippen molar-refractivity contribution in [3.8, 4) is 17.2 Å². The highest BCUT2D eigenvalue weighted by Gasteiger charge is 2.17. The predicted molar refractivity (Wildman–Crippen MR) is 121 cm³/mol. The summed E-state index contributed by atoms with van der Waals surface area (Å²) in [6.45, 7) is 4.42. The maximum atomic E-state index is 12.6. The Morgan fingerprint density at radius 2 is 1.61 bits per heavy atom. The summed E-state index contributed by atoms with van der Waals surface area (Å²) in [6.07, 6.45) is 0. The Balaban J connectivity index is 1.65. The number of rotatable bonds is 9. The number of thioether (sulfide) groups is 1. The molecule has 1 N–H and O–H groups in total. The minimum atomic E-state index is -0.303. The Morgan fingerprint density at radius 3 is 2.19 bits per heavy atom. The van der Waals surface area contributed by atoms with Crippen LogP contribution in [-0.2, 0) is 12.3 Å². The van der Waals surface area contributed by atoms with Crippen LogP contribution >= 0.6 is 11.8 Å². The maximum absolute atomic E-state index is 12.6. The number of hydrogen-bond donors (Lipinski definition) is 1. The van der Waals surface area contributed by atoms with Crippen molar-refractivity contribution < 1.29 is 23.4 Å². The molecule has 164 valence electrons. The summed E-state index contributed by atoms with van der Waals surface area (Å²) in [6, 6.07) is 13.3. The molecule has 0 saturated carbocycles. The number of amides is 1. The third-order valence-corrected chi connectivity index (χ3v) is 6.26. The Labute approximate surface area is 186 Å². The molecular formula is C24H27NO5S. The zero-order valence-electron chi connectivity index (χ0n) is 18.4. The van der Waals surface area contributed by atoms with Crippen LogP contribution in [0, 0.1) is 13.8 Å². The van der Waals surface area contributed by atoms with E-state index < -0.39 is 0 Å². The lowest BCUT2D eigenvalue weighted by molar-refractivity contribution is 0.0921. The van der Waals surface area contributed by atoms with Crippen LogP contribution in [0.25, 0.3) is 0 Å². The fourth-order valence-corrected chi connectivity index (χ4v) is 4.29.